The summed E-state index contributed by atoms with van der Waals surface area (Å²) in [5.41, 5.74) is 8.91. The number of pyridine rings is 1. The van der Waals surface area contributed by atoms with Crippen LogP contribution in [0.4, 0.5) is 0 Å². The van der Waals surface area contributed by atoms with E-state index in [0.717, 1.165) is 35.0 Å². The highest BCUT2D eigenvalue weighted by Gasteiger charge is 2.36. The second-order valence-corrected chi connectivity index (χ2v) is 5.30. The highest BCUT2D eigenvalue weighted by molar-refractivity contribution is 6.52. The normalized spacial score (nSPS) is 25.6. The van der Waals surface area contributed by atoms with Crippen LogP contribution in [0.2, 0.25) is 0 Å². The van der Waals surface area contributed by atoms with Crippen LogP contribution >= 0.6 is 0 Å². The Morgan fingerprint density at radius 3 is 3.11 bits per heavy atom. The predicted octanol–water partition coefficient (Wildman–Crippen LogP) is 1.10. The maximum Gasteiger partial charge on any atom is 0.552 e. The monoisotopic (exact) mass is 255 g/mol. The predicted molar refractivity (Wildman–Crippen MR) is 73.4 cm³/mol. The number of H-pyrrole nitrogens is 1. The second-order valence-electron chi connectivity index (χ2n) is 5.30. The van der Waals surface area contributed by atoms with E-state index in [9.17, 15) is 5.02 Å². The van der Waals surface area contributed by atoms with Crippen molar-refractivity contribution >= 4 is 23.7 Å². The van der Waals surface area contributed by atoms with E-state index >= 15 is 0 Å². The topological polar surface area (TPSA) is 84.2 Å². The van der Waals surface area contributed by atoms with Crippen LogP contribution in [0.15, 0.2) is 24.4 Å². The van der Waals surface area contributed by atoms with Crippen LogP contribution in [0.25, 0.3) is 16.6 Å². The molecule has 0 saturated heterocycles. The molecule has 5 nitrogen and oxygen atoms in total. The average molecular weight is 255 g/mol. The van der Waals surface area contributed by atoms with Crippen molar-refractivity contribution in [3.05, 3.63) is 30.0 Å². The van der Waals surface area contributed by atoms with Gasteiger partial charge in [0.15, 0.2) is 0 Å². The van der Waals surface area contributed by atoms with Crippen molar-refractivity contribution < 1.29 is 9.68 Å². The van der Waals surface area contributed by atoms with Crippen LogP contribution in [0.3, 0.4) is 0 Å². The van der Waals surface area contributed by atoms with E-state index in [1.165, 1.54) is 0 Å². The minimum Gasteiger partial charge on any atom is -0.531 e. The van der Waals surface area contributed by atoms with Gasteiger partial charge in [-0.25, -0.2) is 4.98 Å². The minimum atomic E-state index is -0.891. The third-order valence-corrected chi connectivity index (χ3v) is 4.02. The summed E-state index contributed by atoms with van der Waals surface area (Å²) in [6.45, 7) is 0. The molecule has 96 valence electrons. The Morgan fingerprint density at radius 1 is 1.47 bits per heavy atom. The van der Waals surface area contributed by atoms with Gasteiger partial charge in [-0.3, -0.25) is 0 Å². The summed E-state index contributed by atoms with van der Waals surface area (Å²) in [7, 11) is -0.891. The Morgan fingerprint density at radius 2 is 2.32 bits per heavy atom. The van der Waals surface area contributed by atoms with Crippen LogP contribution in [-0.2, 0) is 0 Å². The quantitative estimate of drug-likeness (QED) is 0.666. The molecular weight excluding hydrogens is 241 g/mol. The molecule has 3 heterocycles. The van der Waals surface area contributed by atoms with E-state index < -0.39 is 7.12 Å². The van der Waals surface area contributed by atoms with Crippen LogP contribution in [0.1, 0.15) is 18.4 Å². The Labute approximate surface area is 110 Å². The fourth-order valence-corrected chi connectivity index (χ4v) is 3.03. The van der Waals surface area contributed by atoms with Crippen LogP contribution in [0.5, 0.6) is 5.75 Å². The number of nitrogens with zero attached hydrogens (tertiary/aromatic N) is 1. The number of nitrogens with one attached hydrogen (secondary N) is 1. The van der Waals surface area contributed by atoms with Gasteiger partial charge in [-0.1, -0.05) is 0 Å². The molecule has 0 aromatic carbocycles. The number of fused-ring (bicyclic) bond motifs is 3. The molecule has 2 aliphatic rings. The molecular formula is C13H14BN3O2. The molecule has 2 aromatic rings. The van der Waals surface area contributed by atoms with Gasteiger partial charge >= 0.3 is 7.12 Å². The number of aromatic nitrogens is 2. The third-order valence-electron chi connectivity index (χ3n) is 4.02. The first-order valence-corrected chi connectivity index (χ1v) is 6.51. The van der Waals surface area contributed by atoms with Crippen molar-refractivity contribution in [1.82, 2.24) is 9.97 Å². The van der Waals surface area contributed by atoms with E-state index in [-0.39, 0.29) is 6.04 Å². The van der Waals surface area contributed by atoms with Gasteiger partial charge in [-0.15, -0.1) is 0 Å². The molecule has 1 saturated carbocycles. The zero-order valence-corrected chi connectivity index (χ0v) is 10.3. The van der Waals surface area contributed by atoms with Gasteiger partial charge in [0.05, 0.1) is 6.20 Å². The Hall–Kier alpha value is -1.79. The first-order valence-electron chi connectivity index (χ1n) is 6.51. The van der Waals surface area contributed by atoms with Crippen molar-refractivity contribution in [2.24, 2.45) is 11.7 Å². The summed E-state index contributed by atoms with van der Waals surface area (Å²) >= 11 is 0. The molecule has 0 unspecified atom stereocenters. The maximum absolute atomic E-state index is 9.82. The lowest BCUT2D eigenvalue weighted by Crippen LogP contribution is -2.38. The van der Waals surface area contributed by atoms with Gasteiger partial charge in [0.1, 0.15) is 11.4 Å². The zero-order chi connectivity index (χ0) is 13.0. The minimum absolute atomic E-state index is 0.276. The fraction of sp³-hybridized carbons (Fsp3) is 0.308. The first-order chi connectivity index (χ1) is 9.22. The van der Waals surface area contributed by atoms with Crippen molar-refractivity contribution in [3.63, 3.8) is 0 Å². The van der Waals surface area contributed by atoms with Gasteiger partial charge in [0.2, 0.25) is 0 Å². The van der Waals surface area contributed by atoms with Crippen molar-refractivity contribution in [3.8, 4) is 5.75 Å². The molecule has 0 bridgehead atoms. The van der Waals surface area contributed by atoms with Gasteiger partial charge in [-0.2, -0.15) is 0 Å². The molecule has 6 heteroatoms. The molecule has 0 atom stereocenters. The number of hydrogen-bond acceptors (Lipinski definition) is 4. The number of hydrogen-bond donors (Lipinski definition) is 3. The van der Waals surface area contributed by atoms with Crippen LogP contribution in [-0.4, -0.2) is 28.2 Å². The van der Waals surface area contributed by atoms with E-state index in [4.69, 9.17) is 10.4 Å². The summed E-state index contributed by atoms with van der Waals surface area (Å²) in [5, 5.41) is 10.9. The molecule has 1 aliphatic carbocycles. The molecule has 19 heavy (non-hydrogen) atoms. The summed E-state index contributed by atoms with van der Waals surface area (Å²) in [6, 6.07) is 2.27. The largest absolute Gasteiger partial charge is 0.552 e. The van der Waals surface area contributed by atoms with Crippen molar-refractivity contribution in [2.45, 2.75) is 18.9 Å². The van der Waals surface area contributed by atoms with Crippen LogP contribution < -0.4 is 10.4 Å². The molecule has 0 spiro atoms. The second kappa shape index (κ2) is 3.85. The fourth-order valence-electron chi connectivity index (χ4n) is 3.03. The summed E-state index contributed by atoms with van der Waals surface area (Å²) in [6.07, 6.45) is 5.47. The Kier molecular flexibility index (Phi) is 2.25. The first kappa shape index (κ1) is 11.1. The van der Waals surface area contributed by atoms with Gasteiger partial charge in [0.25, 0.3) is 0 Å². The summed E-state index contributed by atoms with van der Waals surface area (Å²) < 4.78 is 5.46. The van der Waals surface area contributed by atoms with E-state index in [1.54, 1.807) is 12.2 Å². The molecule has 1 fully saturated rings. The summed E-state index contributed by atoms with van der Waals surface area (Å²) in [4.78, 5) is 7.40. The Bertz CT molecular complexity index is 676. The summed E-state index contributed by atoms with van der Waals surface area (Å²) in [5.74, 6) is 2.86. The number of allylic oxidation sites excluding steroid dienone is 1. The average Bonchev–Trinajstić information content (AvgIpc) is 2.82. The van der Waals surface area contributed by atoms with Gasteiger partial charge < -0.3 is 20.4 Å². The number of nitrogens with two attached hydrogens (primary N) is 1. The van der Waals surface area contributed by atoms with Crippen molar-refractivity contribution in [1.29, 1.82) is 0 Å². The van der Waals surface area contributed by atoms with E-state index in [2.05, 4.69) is 9.97 Å². The molecule has 2 aromatic heterocycles. The lowest BCUT2D eigenvalue weighted by atomic mass is 9.68. The number of rotatable bonds is 1. The maximum atomic E-state index is 9.82. The molecule has 4 N–H and O–H groups in total. The van der Waals surface area contributed by atoms with E-state index in [1.807, 2.05) is 12.3 Å². The van der Waals surface area contributed by atoms with Crippen LogP contribution in [0, 0.1) is 5.92 Å². The SMILES string of the molecule is NC1CC(C2=CB(O)Oc3cnc4[nH]ccc4c32)C1. The standard InChI is InChI=1S/C13H14BN3O2/c15-8-3-7(4-8)10-5-14(18)19-11-6-17-13-9(12(10)11)1-2-16-13/h1-2,5-8,18H,3-4,15H2,(H,16,17). The smallest absolute Gasteiger partial charge is 0.531 e. The van der Waals surface area contributed by atoms with E-state index in [0.29, 0.717) is 11.7 Å². The highest BCUT2D eigenvalue weighted by Crippen LogP contribution is 2.45. The molecule has 4 rings (SSSR count). The third kappa shape index (κ3) is 1.60. The lowest BCUT2D eigenvalue weighted by molar-refractivity contribution is 0.331. The van der Waals surface area contributed by atoms with Gasteiger partial charge in [0, 0.05) is 23.2 Å². The van der Waals surface area contributed by atoms with Gasteiger partial charge in [-0.05, 0) is 36.4 Å². The number of aromatic amines is 1. The highest BCUT2D eigenvalue weighted by atomic mass is 16.5. The Balaban J connectivity index is 1.89. The molecule has 0 radical (unpaired) electrons. The molecule has 1 aliphatic heterocycles. The zero-order valence-electron chi connectivity index (χ0n) is 10.3. The lowest BCUT2D eigenvalue weighted by Gasteiger charge is -2.36. The van der Waals surface area contributed by atoms with Crippen molar-refractivity contribution in [2.75, 3.05) is 0 Å². The molecule has 0 amide bonds.